The SMILES string of the molecule is CCCn1nccc1CNc1ccc(NC(C)=O)c(C)c1. The Morgan fingerprint density at radius 3 is 2.81 bits per heavy atom. The number of benzene rings is 1. The van der Waals surface area contributed by atoms with Crippen molar-refractivity contribution in [3.05, 3.63) is 41.7 Å². The number of rotatable bonds is 6. The van der Waals surface area contributed by atoms with Gasteiger partial charge in [0.15, 0.2) is 0 Å². The first-order valence-electron chi connectivity index (χ1n) is 7.23. The fourth-order valence-corrected chi connectivity index (χ4v) is 2.22. The zero-order valence-electron chi connectivity index (χ0n) is 12.8. The van der Waals surface area contributed by atoms with Gasteiger partial charge in [0, 0.05) is 31.0 Å². The number of aromatic nitrogens is 2. The molecular weight excluding hydrogens is 264 g/mol. The summed E-state index contributed by atoms with van der Waals surface area (Å²) in [4.78, 5) is 11.1. The van der Waals surface area contributed by atoms with Gasteiger partial charge in [0.2, 0.25) is 5.91 Å². The molecule has 5 heteroatoms. The van der Waals surface area contributed by atoms with Crippen LogP contribution in [0.15, 0.2) is 30.5 Å². The molecule has 1 aromatic carbocycles. The van der Waals surface area contributed by atoms with Crippen LogP contribution in [0.3, 0.4) is 0 Å². The van der Waals surface area contributed by atoms with Crippen LogP contribution in [-0.2, 0) is 17.9 Å². The molecule has 0 aliphatic carbocycles. The molecule has 5 nitrogen and oxygen atoms in total. The second-order valence-corrected chi connectivity index (χ2v) is 5.11. The largest absolute Gasteiger partial charge is 0.379 e. The number of amides is 1. The Morgan fingerprint density at radius 1 is 1.33 bits per heavy atom. The Bertz CT molecular complexity index is 618. The molecular formula is C16H22N4O. The van der Waals surface area contributed by atoms with Crippen LogP contribution in [-0.4, -0.2) is 15.7 Å². The smallest absolute Gasteiger partial charge is 0.221 e. The highest BCUT2D eigenvalue weighted by molar-refractivity contribution is 5.89. The molecule has 1 heterocycles. The van der Waals surface area contributed by atoms with Crippen molar-refractivity contribution in [2.75, 3.05) is 10.6 Å². The third-order valence-electron chi connectivity index (χ3n) is 3.25. The summed E-state index contributed by atoms with van der Waals surface area (Å²) in [6, 6.07) is 7.95. The monoisotopic (exact) mass is 286 g/mol. The van der Waals surface area contributed by atoms with Crippen molar-refractivity contribution in [1.82, 2.24) is 9.78 Å². The molecule has 0 aliphatic heterocycles. The highest BCUT2D eigenvalue weighted by Crippen LogP contribution is 2.20. The molecule has 1 amide bonds. The predicted molar refractivity (Wildman–Crippen MR) is 85.3 cm³/mol. The first kappa shape index (κ1) is 15.1. The molecule has 2 N–H and O–H groups in total. The summed E-state index contributed by atoms with van der Waals surface area (Å²) in [5.41, 5.74) is 4.09. The summed E-state index contributed by atoms with van der Waals surface area (Å²) in [6.45, 7) is 7.31. The van der Waals surface area contributed by atoms with Gasteiger partial charge < -0.3 is 10.6 Å². The molecule has 0 saturated carbocycles. The quantitative estimate of drug-likeness (QED) is 0.857. The van der Waals surface area contributed by atoms with Crippen molar-refractivity contribution in [3.8, 4) is 0 Å². The van der Waals surface area contributed by atoms with E-state index in [9.17, 15) is 4.79 Å². The van der Waals surface area contributed by atoms with Gasteiger partial charge >= 0.3 is 0 Å². The zero-order chi connectivity index (χ0) is 15.2. The summed E-state index contributed by atoms with van der Waals surface area (Å²) >= 11 is 0. The molecule has 112 valence electrons. The van der Waals surface area contributed by atoms with E-state index in [1.807, 2.05) is 42.1 Å². The lowest BCUT2D eigenvalue weighted by molar-refractivity contribution is -0.114. The molecule has 0 fully saturated rings. The average molecular weight is 286 g/mol. The number of hydrogen-bond donors (Lipinski definition) is 2. The highest BCUT2D eigenvalue weighted by Gasteiger charge is 2.04. The van der Waals surface area contributed by atoms with E-state index in [1.54, 1.807) is 0 Å². The Kier molecular flexibility index (Phi) is 4.98. The molecule has 0 spiro atoms. The Labute approximate surface area is 125 Å². The number of carbonyl (C=O) groups excluding carboxylic acids is 1. The van der Waals surface area contributed by atoms with Gasteiger partial charge in [-0.3, -0.25) is 9.48 Å². The summed E-state index contributed by atoms with van der Waals surface area (Å²) in [6.07, 6.45) is 2.90. The number of anilines is 2. The molecule has 0 aliphatic rings. The molecule has 0 saturated heterocycles. The third kappa shape index (κ3) is 4.08. The lowest BCUT2D eigenvalue weighted by Gasteiger charge is -2.12. The molecule has 0 bridgehead atoms. The summed E-state index contributed by atoms with van der Waals surface area (Å²) < 4.78 is 2.02. The van der Waals surface area contributed by atoms with Gasteiger partial charge in [0.25, 0.3) is 0 Å². The lowest BCUT2D eigenvalue weighted by atomic mass is 10.1. The Balaban J connectivity index is 2.01. The van der Waals surface area contributed by atoms with Gasteiger partial charge in [0.05, 0.1) is 12.2 Å². The molecule has 2 aromatic rings. The van der Waals surface area contributed by atoms with Crippen molar-refractivity contribution in [3.63, 3.8) is 0 Å². The third-order valence-corrected chi connectivity index (χ3v) is 3.25. The van der Waals surface area contributed by atoms with Crippen LogP contribution >= 0.6 is 0 Å². The van der Waals surface area contributed by atoms with Crippen LogP contribution < -0.4 is 10.6 Å². The molecule has 1 aromatic heterocycles. The first-order valence-corrected chi connectivity index (χ1v) is 7.23. The maximum atomic E-state index is 11.1. The molecule has 21 heavy (non-hydrogen) atoms. The van der Waals surface area contributed by atoms with Crippen molar-refractivity contribution in [2.24, 2.45) is 0 Å². The van der Waals surface area contributed by atoms with Crippen LogP contribution in [0.4, 0.5) is 11.4 Å². The summed E-state index contributed by atoms with van der Waals surface area (Å²) in [5, 5.41) is 10.5. The number of nitrogens with one attached hydrogen (secondary N) is 2. The molecule has 2 rings (SSSR count). The van der Waals surface area contributed by atoms with Gasteiger partial charge in [0.1, 0.15) is 0 Å². The fourth-order valence-electron chi connectivity index (χ4n) is 2.22. The van der Waals surface area contributed by atoms with Crippen LogP contribution in [0.5, 0.6) is 0 Å². The normalized spacial score (nSPS) is 10.4. The van der Waals surface area contributed by atoms with Gasteiger partial charge in [-0.1, -0.05) is 6.92 Å². The summed E-state index contributed by atoms with van der Waals surface area (Å²) in [5.74, 6) is -0.0534. The minimum Gasteiger partial charge on any atom is -0.379 e. The average Bonchev–Trinajstić information content (AvgIpc) is 2.87. The van der Waals surface area contributed by atoms with E-state index in [0.717, 1.165) is 36.4 Å². The minimum atomic E-state index is -0.0534. The van der Waals surface area contributed by atoms with Gasteiger partial charge in [-0.05, 0) is 43.2 Å². The Hall–Kier alpha value is -2.30. The van der Waals surface area contributed by atoms with E-state index < -0.39 is 0 Å². The standard InChI is InChI=1S/C16H22N4O/c1-4-9-20-15(7-8-18-20)11-17-14-5-6-16(12(2)10-14)19-13(3)21/h5-8,10,17H,4,9,11H2,1-3H3,(H,19,21). The van der Waals surface area contributed by atoms with E-state index in [0.29, 0.717) is 0 Å². The van der Waals surface area contributed by atoms with Crippen molar-refractivity contribution < 1.29 is 4.79 Å². The van der Waals surface area contributed by atoms with Gasteiger partial charge in [-0.25, -0.2) is 0 Å². The number of aryl methyl sites for hydroxylation is 2. The lowest BCUT2D eigenvalue weighted by Crippen LogP contribution is -2.10. The van der Waals surface area contributed by atoms with Gasteiger partial charge in [-0.15, -0.1) is 0 Å². The molecule has 0 unspecified atom stereocenters. The second-order valence-electron chi connectivity index (χ2n) is 5.11. The van der Waals surface area contributed by atoms with Gasteiger partial charge in [-0.2, -0.15) is 5.10 Å². The summed E-state index contributed by atoms with van der Waals surface area (Å²) in [7, 11) is 0. The topological polar surface area (TPSA) is 59.0 Å². The zero-order valence-corrected chi connectivity index (χ0v) is 12.8. The van der Waals surface area contributed by atoms with Crippen molar-refractivity contribution >= 4 is 17.3 Å². The maximum Gasteiger partial charge on any atom is 0.221 e. The molecule has 0 atom stereocenters. The van der Waals surface area contributed by atoms with Crippen molar-refractivity contribution in [1.29, 1.82) is 0 Å². The fraction of sp³-hybridized carbons (Fsp3) is 0.375. The highest BCUT2D eigenvalue weighted by atomic mass is 16.1. The maximum absolute atomic E-state index is 11.1. The van der Waals surface area contributed by atoms with Crippen molar-refractivity contribution in [2.45, 2.75) is 40.3 Å². The van der Waals surface area contributed by atoms with E-state index in [-0.39, 0.29) is 5.91 Å². The van der Waals surface area contributed by atoms with E-state index in [2.05, 4.69) is 22.7 Å². The van der Waals surface area contributed by atoms with Crippen LogP contribution in [0.1, 0.15) is 31.5 Å². The minimum absolute atomic E-state index is 0.0534. The van der Waals surface area contributed by atoms with Crippen LogP contribution in [0.25, 0.3) is 0 Å². The van der Waals surface area contributed by atoms with E-state index in [4.69, 9.17) is 0 Å². The number of carbonyl (C=O) groups is 1. The van der Waals surface area contributed by atoms with E-state index in [1.165, 1.54) is 12.6 Å². The van der Waals surface area contributed by atoms with E-state index >= 15 is 0 Å². The molecule has 0 radical (unpaired) electrons. The number of nitrogens with zero attached hydrogens (tertiary/aromatic N) is 2. The first-order chi connectivity index (χ1) is 10.1. The second kappa shape index (κ2) is 6.92. The predicted octanol–water partition coefficient (Wildman–Crippen LogP) is 3.17. The number of hydrogen-bond acceptors (Lipinski definition) is 3. The van der Waals surface area contributed by atoms with Crippen LogP contribution in [0, 0.1) is 6.92 Å². The Morgan fingerprint density at radius 2 is 2.14 bits per heavy atom. The van der Waals surface area contributed by atoms with Crippen LogP contribution in [0.2, 0.25) is 0 Å².